The number of piperidine rings is 1. The third-order valence-corrected chi connectivity index (χ3v) is 3.98. The summed E-state index contributed by atoms with van der Waals surface area (Å²) in [6, 6.07) is 5.64. The van der Waals surface area contributed by atoms with Gasteiger partial charge in [-0.3, -0.25) is 9.59 Å². The molecule has 0 N–H and O–H groups in total. The van der Waals surface area contributed by atoms with Gasteiger partial charge in [-0.05, 0) is 31.4 Å². The van der Waals surface area contributed by atoms with E-state index in [-0.39, 0.29) is 11.8 Å². The van der Waals surface area contributed by atoms with Gasteiger partial charge in [-0.1, -0.05) is 0 Å². The number of hydrogen-bond donors (Lipinski definition) is 0. The second kappa shape index (κ2) is 4.12. The average molecular weight is 245 g/mol. The number of amides is 1. The van der Waals surface area contributed by atoms with Gasteiger partial charge in [0.1, 0.15) is 5.75 Å². The molecule has 4 nitrogen and oxygen atoms in total. The van der Waals surface area contributed by atoms with Crippen molar-refractivity contribution >= 4 is 17.9 Å². The number of methoxy groups -OCH3 is 1. The summed E-state index contributed by atoms with van der Waals surface area (Å²) in [5.41, 5.74) is 1.35. The molecule has 1 aromatic carbocycles. The molecule has 2 bridgehead atoms. The lowest BCUT2D eigenvalue weighted by molar-refractivity contribution is -0.121. The number of anilines is 1. The van der Waals surface area contributed by atoms with Crippen molar-refractivity contribution in [3.05, 3.63) is 23.8 Å². The van der Waals surface area contributed by atoms with Crippen molar-refractivity contribution in [1.29, 1.82) is 0 Å². The van der Waals surface area contributed by atoms with Gasteiger partial charge in [0.15, 0.2) is 6.29 Å². The molecule has 18 heavy (non-hydrogen) atoms. The van der Waals surface area contributed by atoms with Crippen LogP contribution in [-0.2, 0) is 4.79 Å². The molecule has 1 aromatic rings. The molecule has 2 aliphatic rings. The molecule has 0 spiro atoms. The van der Waals surface area contributed by atoms with Crippen LogP contribution in [0.15, 0.2) is 18.2 Å². The number of carbonyl (C=O) groups excluding carboxylic acids is 2. The van der Waals surface area contributed by atoms with Crippen molar-refractivity contribution in [3.8, 4) is 5.75 Å². The second-order valence-corrected chi connectivity index (χ2v) is 4.92. The van der Waals surface area contributed by atoms with Gasteiger partial charge in [0.25, 0.3) is 0 Å². The van der Waals surface area contributed by atoms with E-state index >= 15 is 0 Å². The maximum atomic E-state index is 12.1. The first kappa shape index (κ1) is 11.3. The van der Waals surface area contributed by atoms with Crippen LogP contribution in [0.5, 0.6) is 5.75 Å². The molecule has 0 aromatic heterocycles. The van der Waals surface area contributed by atoms with Gasteiger partial charge in [0, 0.05) is 23.7 Å². The molecule has 94 valence electrons. The number of fused-ring (bicyclic) bond motifs is 2. The van der Waals surface area contributed by atoms with E-state index in [2.05, 4.69) is 0 Å². The average Bonchev–Trinajstić information content (AvgIpc) is 2.98. The lowest BCUT2D eigenvalue weighted by atomic mass is 10.1. The zero-order valence-electron chi connectivity index (χ0n) is 10.3. The minimum Gasteiger partial charge on any atom is -0.496 e. The predicted molar refractivity (Wildman–Crippen MR) is 67.0 cm³/mol. The summed E-state index contributed by atoms with van der Waals surface area (Å²) in [6.45, 7) is 0. The topological polar surface area (TPSA) is 46.6 Å². The largest absolute Gasteiger partial charge is 0.496 e. The van der Waals surface area contributed by atoms with E-state index in [1.165, 1.54) is 7.11 Å². The molecule has 2 atom stereocenters. The zero-order valence-corrected chi connectivity index (χ0v) is 10.3. The zero-order chi connectivity index (χ0) is 12.7. The van der Waals surface area contributed by atoms with Gasteiger partial charge >= 0.3 is 0 Å². The summed E-state index contributed by atoms with van der Waals surface area (Å²) >= 11 is 0. The smallest absolute Gasteiger partial charge is 0.230 e. The van der Waals surface area contributed by atoms with E-state index in [0.29, 0.717) is 17.4 Å². The summed E-state index contributed by atoms with van der Waals surface area (Å²) in [6.07, 6.45) is 3.83. The van der Waals surface area contributed by atoms with Gasteiger partial charge in [0.05, 0.1) is 12.7 Å². The van der Waals surface area contributed by atoms with Crippen molar-refractivity contribution < 1.29 is 14.3 Å². The molecular formula is C14H15NO3. The van der Waals surface area contributed by atoms with Crippen molar-refractivity contribution in [3.63, 3.8) is 0 Å². The number of rotatable bonds is 3. The summed E-state index contributed by atoms with van der Waals surface area (Å²) in [7, 11) is 1.53. The van der Waals surface area contributed by atoms with Crippen molar-refractivity contribution in [2.75, 3.05) is 12.0 Å². The fraction of sp³-hybridized carbons (Fsp3) is 0.429. The number of nitrogens with zero attached hydrogens (tertiary/aromatic N) is 1. The Morgan fingerprint density at radius 3 is 2.83 bits per heavy atom. The normalized spacial score (nSPS) is 25.6. The summed E-state index contributed by atoms with van der Waals surface area (Å²) in [5.74, 6) is 0.942. The first-order valence-corrected chi connectivity index (χ1v) is 6.21. The number of aldehydes is 1. The summed E-state index contributed by atoms with van der Waals surface area (Å²) in [5, 5.41) is 0. The number of ether oxygens (including phenoxy) is 1. The molecule has 1 amide bonds. The Morgan fingerprint density at radius 1 is 1.39 bits per heavy atom. The monoisotopic (exact) mass is 245 g/mol. The number of benzene rings is 1. The maximum absolute atomic E-state index is 12.1. The van der Waals surface area contributed by atoms with Crippen LogP contribution >= 0.6 is 0 Å². The van der Waals surface area contributed by atoms with Gasteiger partial charge in [-0.15, -0.1) is 0 Å². The highest BCUT2D eigenvalue weighted by atomic mass is 16.5. The van der Waals surface area contributed by atoms with Crippen molar-refractivity contribution in [2.24, 2.45) is 5.92 Å². The SMILES string of the molecule is COc1cc(N2C(=O)C3CCC2C3)ccc1C=O. The minimum absolute atomic E-state index is 0.201. The molecule has 4 heteroatoms. The van der Waals surface area contributed by atoms with Crippen molar-refractivity contribution in [2.45, 2.75) is 25.3 Å². The van der Waals surface area contributed by atoms with Gasteiger partial charge in [0.2, 0.25) is 5.91 Å². The maximum Gasteiger partial charge on any atom is 0.230 e. The van der Waals surface area contributed by atoms with Crippen LogP contribution in [0, 0.1) is 5.92 Å². The molecular weight excluding hydrogens is 230 g/mol. The Hall–Kier alpha value is -1.84. The van der Waals surface area contributed by atoms with Crippen LogP contribution in [0.1, 0.15) is 29.6 Å². The quantitative estimate of drug-likeness (QED) is 0.765. The van der Waals surface area contributed by atoms with Crippen LogP contribution < -0.4 is 9.64 Å². The lowest BCUT2D eigenvalue weighted by Crippen LogP contribution is -2.36. The van der Waals surface area contributed by atoms with E-state index in [0.717, 1.165) is 31.2 Å². The molecule has 0 radical (unpaired) electrons. The minimum atomic E-state index is 0.201. The first-order valence-electron chi connectivity index (χ1n) is 6.21. The van der Waals surface area contributed by atoms with Crippen LogP contribution in [0.25, 0.3) is 0 Å². The third kappa shape index (κ3) is 1.52. The molecule has 1 saturated heterocycles. The van der Waals surface area contributed by atoms with E-state index < -0.39 is 0 Å². The Labute approximate surface area is 106 Å². The molecule has 1 heterocycles. The van der Waals surface area contributed by atoms with Crippen LogP contribution in [0.4, 0.5) is 5.69 Å². The summed E-state index contributed by atoms with van der Waals surface area (Å²) in [4.78, 5) is 24.9. The molecule has 1 aliphatic heterocycles. The highest BCUT2D eigenvalue weighted by Gasteiger charge is 2.45. The van der Waals surface area contributed by atoms with Crippen LogP contribution in [0.3, 0.4) is 0 Å². The number of hydrogen-bond acceptors (Lipinski definition) is 3. The Bertz CT molecular complexity index is 512. The van der Waals surface area contributed by atoms with E-state index in [9.17, 15) is 9.59 Å². The van der Waals surface area contributed by atoms with Crippen LogP contribution in [0.2, 0.25) is 0 Å². The lowest BCUT2D eigenvalue weighted by Gasteiger charge is -2.27. The molecule has 3 rings (SSSR count). The Balaban J connectivity index is 1.98. The van der Waals surface area contributed by atoms with Gasteiger partial charge < -0.3 is 9.64 Å². The predicted octanol–water partition coefficient (Wildman–Crippen LogP) is 2.02. The standard InChI is InChI=1S/C14H15NO3/c1-18-13-7-12(5-3-10(13)8-16)15-11-4-2-9(6-11)14(15)17/h3,5,7-9,11H,2,4,6H2,1H3. The van der Waals surface area contributed by atoms with Gasteiger partial charge in [-0.25, -0.2) is 0 Å². The first-order chi connectivity index (χ1) is 8.74. The highest BCUT2D eigenvalue weighted by Crippen LogP contribution is 2.42. The number of carbonyl (C=O) groups is 2. The fourth-order valence-electron chi connectivity index (χ4n) is 3.08. The van der Waals surface area contributed by atoms with Crippen LogP contribution in [-0.4, -0.2) is 25.3 Å². The second-order valence-electron chi connectivity index (χ2n) is 4.92. The fourth-order valence-corrected chi connectivity index (χ4v) is 3.08. The molecule has 2 unspecified atom stereocenters. The van der Waals surface area contributed by atoms with Gasteiger partial charge in [-0.2, -0.15) is 0 Å². The molecule has 1 saturated carbocycles. The van der Waals surface area contributed by atoms with Crippen molar-refractivity contribution in [1.82, 2.24) is 0 Å². The summed E-state index contributed by atoms with van der Waals surface area (Å²) < 4.78 is 5.18. The Morgan fingerprint density at radius 2 is 2.22 bits per heavy atom. The molecule has 1 aliphatic carbocycles. The van der Waals surface area contributed by atoms with E-state index in [4.69, 9.17) is 4.74 Å². The van der Waals surface area contributed by atoms with E-state index in [1.54, 1.807) is 12.1 Å². The van der Waals surface area contributed by atoms with E-state index in [1.807, 2.05) is 11.0 Å². The highest BCUT2D eigenvalue weighted by molar-refractivity contribution is 5.99. The molecule has 2 fully saturated rings. The Kier molecular flexibility index (Phi) is 2.58. The third-order valence-electron chi connectivity index (χ3n) is 3.98.